The average molecular weight is 702 g/mol. The fourth-order valence-corrected chi connectivity index (χ4v) is 9.93. The Morgan fingerprint density at radius 3 is 2.15 bits per heavy atom. The van der Waals surface area contributed by atoms with Crippen LogP contribution in [-0.4, -0.2) is 14.5 Å². The van der Waals surface area contributed by atoms with Gasteiger partial charge in [0.05, 0.1) is 22.1 Å². The van der Waals surface area contributed by atoms with Gasteiger partial charge in [-0.3, -0.25) is 0 Å². The molecule has 8 aromatic carbocycles. The third-order valence-electron chi connectivity index (χ3n) is 10.7. The van der Waals surface area contributed by atoms with Crippen molar-refractivity contribution in [3.63, 3.8) is 0 Å². The SMILES string of the molecule is Clc1nc(-c2ccc3cc(-n4c5ccc6ccccc6c5c5c6ccccc6c6sc7ccccc7c6c54)ccc3c2)c2c(n1)oc1ccccc12. The first kappa shape index (κ1) is 28.4. The van der Waals surface area contributed by atoms with Gasteiger partial charge >= 0.3 is 0 Å². The van der Waals surface area contributed by atoms with Crippen LogP contribution in [-0.2, 0) is 0 Å². The molecule has 4 aromatic heterocycles. The van der Waals surface area contributed by atoms with E-state index in [9.17, 15) is 0 Å². The highest BCUT2D eigenvalue weighted by Crippen LogP contribution is 2.49. The molecule has 0 atom stereocenters. The van der Waals surface area contributed by atoms with Gasteiger partial charge in [-0.25, -0.2) is 4.98 Å². The van der Waals surface area contributed by atoms with Crippen LogP contribution < -0.4 is 0 Å². The Kier molecular flexibility index (Phi) is 5.68. The van der Waals surface area contributed by atoms with Gasteiger partial charge in [-0.15, -0.1) is 11.3 Å². The molecule has 52 heavy (non-hydrogen) atoms. The molecule has 242 valence electrons. The zero-order valence-corrected chi connectivity index (χ0v) is 29.0. The van der Waals surface area contributed by atoms with E-state index in [1.807, 2.05) is 35.6 Å². The summed E-state index contributed by atoms with van der Waals surface area (Å²) in [5, 5.41) is 14.5. The van der Waals surface area contributed by atoms with Gasteiger partial charge in [0.25, 0.3) is 0 Å². The van der Waals surface area contributed by atoms with E-state index in [-0.39, 0.29) is 5.28 Å². The van der Waals surface area contributed by atoms with E-state index in [0.717, 1.165) is 44.1 Å². The minimum Gasteiger partial charge on any atom is -0.438 e. The van der Waals surface area contributed by atoms with E-state index >= 15 is 0 Å². The zero-order valence-electron chi connectivity index (χ0n) is 27.4. The van der Waals surface area contributed by atoms with Crippen LogP contribution in [0.25, 0.3) is 113 Å². The van der Waals surface area contributed by atoms with Gasteiger partial charge < -0.3 is 8.98 Å². The number of aromatic nitrogens is 3. The van der Waals surface area contributed by atoms with Gasteiger partial charge in [-0.2, -0.15) is 4.98 Å². The van der Waals surface area contributed by atoms with E-state index in [1.54, 1.807) is 0 Å². The lowest BCUT2D eigenvalue weighted by Gasteiger charge is -2.12. The first-order chi connectivity index (χ1) is 25.7. The Morgan fingerprint density at radius 2 is 1.25 bits per heavy atom. The van der Waals surface area contributed by atoms with Gasteiger partial charge in [0, 0.05) is 53.0 Å². The van der Waals surface area contributed by atoms with Crippen LogP contribution in [0, 0.1) is 0 Å². The second kappa shape index (κ2) is 10.4. The fourth-order valence-electron chi connectivity index (χ4n) is 8.52. The normalized spacial score (nSPS) is 12.3. The number of rotatable bonds is 2. The molecule has 0 amide bonds. The number of furan rings is 1. The predicted molar refractivity (Wildman–Crippen MR) is 220 cm³/mol. The summed E-state index contributed by atoms with van der Waals surface area (Å²) in [4.78, 5) is 9.13. The molecule has 0 aliphatic heterocycles. The summed E-state index contributed by atoms with van der Waals surface area (Å²) in [6, 6.07) is 52.4. The molecule has 12 rings (SSSR count). The number of benzene rings is 8. The number of hydrogen-bond acceptors (Lipinski definition) is 4. The molecular formula is C46H24ClN3OS. The minimum atomic E-state index is 0.163. The van der Waals surface area contributed by atoms with Crippen LogP contribution in [0.1, 0.15) is 0 Å². The molecule has 0 spiro atoms. The molecule has 6 heteroatoms. The molecule has 0 fully saturated rings. The molecule has 0 aliphatic rings. The van der Waals surface area contributed by atoms with Crippen molar-refractivity contribution in [3.05, 3.63) is 151 Å². The third-order valence-corrected chi connectivity index (χ3v) is 12.1. The lowest BCUT2D eigenvalue weighted by Crippen LogP contribution is -1.95. The lowest BCUT2D eigenvalue weighted by atomic mass is 9.97. The highest BCUT2D eigenvalue weighted by Gasteiger charge is 2.23. The van der Waals surface area contributed by atoms with Crippen LogP contribution >= 0.6 is 22.9 Å². The summed E-state index contributed by atoms with van der Waals surface area (Å²) in [5.41, 5.74) is 6.54. The number of para-hydroxylation sites is 1. The van der Waals surface area contributed by atoms with Crippen molar-refractivity contribution in [3.8, 4) is 16.9 Å². The van der Waals surface area contributed by atoms with Crippen LogP contribution in [0.2, 0.25) is 5.28 Å². The van der Waals surface area contributed by atoms with Crippen LogP contribution in [0.5, 0.6) is 0 Å². The molecule has 0 aliphatic carbocycles. The number of thiophene rings is 1. The standard InChI is InChI=1S/C46H24ClN3OS/c47-46-48-42(40-33-13-5-7-15-36(33)51-45(40)49-46)28-18-17-27-24-29(21-19-26(27)23-28)50-35-22-20-25-9-1-2-10-30(25)38(35)39-31-11-3-4-12-32(31)44-41(43(39)50)34-14-6-8-16-37(34)52-44/h1-24H. The quantitative estimate of drug-likeness (QED) is 0.169. The van der Waals surface area contributed by atoms with E-state index in [2.05, 4.69) is 131 Å². The summed E-state index contributed by atoms with van der Waals surface area (Å²) >= 11 is 8.34. The molecule has 0 N–H and O–H groups in total. The smallest absolute Gasteiger partial charge is 0.232 e. The van der Waals surface area contributed by atoms with Crippen LogP contribution in [0.15, 0.2) is 150 Å². The molecule has 0 bridgehead atoms. The third kappa shape index (κ3) is 3.81. The van der Waals surface area contributed by atoms with Crippen molar-refractivity contribution in [2.24, 2.45) is 0 Å². The van der Waals surface area contributed by atoms with Crippen molar-refractivity contribution in [1.82, 2.24) is 14.5 Å². The second-order valence-electron chi connectivity index (χ2n) is 13.5. The van der Waals surface area contributed by atoms with Gasteiger partial charge in [-0.1, -0.05) is 109 Å². The van der Waals surface area contributed by atoms with Gasteiger partial charge in [-0.05, 0) is 74.9 Å². The first-order valence-electron chi connectivity index (χ1n) is 17.3. The Morgan fingerprint density at radius 1 is 0.538 bits per heavy atom. The highest BCUT2D eigenvalue weighted by atomic mass is 35.5. The van der Waals surface area contributed by atoms with Crippen molar-refractivity contribution in [2.45, 2.75) is 0 Å². The summed E-state index contributed by atoms with van der Waals surface area (Å²) in [6.45, 7) is 0. The molecule has 0 unspecified atom stereocenters. The number of fused-ring (bicyclic) bond motifs is 16. The number of hydrogen-bond donors (Lipinski definition) is 0. The topological polar surface area (TPSA) is 43.9 Å². The maximum Gasteiger partial charge on any atom is 0.232 e. The average Bonchev–Trinajstić information content (AvgIpc) is 3.87. The lowest BCUT2D eigenvalue weighted by molar-refractivity contribution is 0.653. The zero-order chi connectivity index (χ0) is 34.1. The maximum absolute atomic E-state index is 6.45. The Hall–Kier alpha value is -6.27. The van der Waals surface area contributed by atoms with Crippen molar-refractivity contribution in [1.29, 1.82) is 0 Å². The summed E-state index contributed by atoms with van der Waals surface area (Å²) in [5.74, 6) is 0. The van der Waals surface area contributed by atoms with Crippen LogP contribution in [0.3, 0.4) is 0 Å². The summed E-state index contributed by atoms with van der Waals surface area (Å²) in [6.07, 6.45) is 0. The summed E-state index contributed by atoms with van der Waals surface area (Å²) in [7, 11) is 0. The molecule has 12 aromatic rings. The Bertz CT molecular complexity index is 3500. The largest absolute Gasteiger partial charge is 0.438 e. The molecule has 0 saturated carbocycles. The molecule has 4 nitrogen and oxygen atoms in total. The number of nitrogens with zero attached hydrogens (tertiary/aromatic N) is 3. The molecule has 0 radical (unpaired) electrons. The van der Waals surface area contributed by atoms with Gasteiger partial charge in [0.1, 0.15) is 5.58 Å². The van der Waals surface area contributed by atoms with E-state index in [0.29, 0.717) is 5.71 Å². The maximum atomic E-state index is 6.45. The van der Waals surface area contributed by atoms with Gasteiger partial charge in [0.2, 0.25) is 11.0 Å². The molecule has 4 heterocycles. The highest BCUT2D eigenvalue weighted by molar-refractivity contribution is 7.27. The van der Waals surface area contributed by atoms with E-state index in [4.69, 9.17) is 21.0 Å². The van der Waals surface area contributed by atoms with E-state index < -0.39 is 0 Å². The van der Waals surface area contributed by atoms with Gasteiger partial charge in [0.15, 0.2) is 0 Å². The first-order valence-corrected chi connectivity index (χ1v) is 18.5. The monoisotopic (exact) mass is 701 g/mol. The predicted octanol–water partition coefficient (Wildman–Crippen LogP) is 13.6. The molecule has 0 saturated heterocycles. The fraction of sp³-hybridized carbons (Fsp3) is 0. The Labute approximate surface area is 304 Å². The molecular weight excluding hydrogens is 678 g/mol. The van der Waals surface area contributed by atoms with Crippen molar-refractivity contribution in [2.75, 3.05) is 0 Å². The van der Waals surface area contributed by atoms with Crippen molar-refractivity contribution >= 4 is 119 Å². The summed E-state index contributed by atoms with van der Waals surface area (Å²) < 4.78 is 11.2. The van der Waals surface area contributed by atoms with E-state index in [1.165, 1.54) is 63.5 Å². The van der Waals surface area contributed by atoms with Crippen molar-refractivity contribution < 1.29 is 4.42 Å². The second-order valence-corrected chi connectivity index (χ2v) is 14.8. The number of halogens is 1. The minimum absolute atomic E-state index is 0.163. The Balaban J connectivity index is 1.18. The van der Waals surface area contributed by atoms with Crippen LogP contribution in [0.4, 0.5) is 0 Å².